The molecule has 1 aliphatic carbocycles. The first-order valence-electron chi connectivity index (χ1n) is 17.8. The average molecular weight is 700 g/mol. The standard InChI is InChI=1S/C47H29N3S2/c1-47(2)36-17-9-7-16-33(36)44-39(47)43-45(52-44)35-24-20-27-12-4-6-14-30(27)42(35)50(43)46-48-40(34-23-19-26-11-3-5-13-29(26)41(34)49-46)28-21-22-32-31-15-8-10-18-37(31)51-38(32)25-28/h3-25H,1-2H3. The van der Waals surface area contributed by atoms with Crippen LogP contribution in [0.1, 0.15) is 25.0 Å². The molecule has 0 aliphatic heterocycles. The molecule has 4 heterocycles. The van der Waals surface area contributed by atoms with Gasteiger partial charge in [0, 0.05) is 63.1 Å². The van der Waals surface area contributed by atoms with Gasteiger partial charge in [-0.1, -0.05) is 135 Å². The Morgan fingerprint density at radius 3 is 2.08 bits per heavy atom. The van der Waals surface area contributed by atoms with Gasteiger partial charge in [-0.2, -0.15) is 0 Å². The number of fused-ring (bicyclic) bond motifs is 15. The minimum absolute atomic E-state index is 0.190. The minimum atomic E-state index is -0.190. The first-order valence-corrected chi connectivity index (χ1v) is 19.4. The van der Waals surface area contributed by atoms with Crippen molar-refractivity contribution < 1.29 is 0 Å². The lowest BCUT2D eigenvalue weighted by Crippen LogP contribution is -2.16. The Morgan fingerprint density at radius 2 is 1.21 bits per heavy atom. The van der Waals surface area contributed by atoms with Gasteiger partial charge in [0.1, 0.15) is 0 Å². The van der Waals surface area contributed by atoms with Gasteiger partial charge in [-0.3, -0.25) is 4.57 Å². The maximum Gasteiger partial charge on any atom is 0.235 e. The molecule has 11 aromatic rings. The smallest absolute Gasteiger partial charge is 0.235 e. The molecule has 0 spiro atoms. The van der Waals surface area contributed by atoms with Gasteiger partial charge in [-0.25, -0.2) is 9.97 Å². The zero-order valence-electron chi connectivity index (χ0n) is 28.4. The molecule has 4 aromatic heterocycles. The van der Waals surface area contributed by atoms with Crippen molar-refractivity contribution in [2.24, 2.45) is 0 Å². The summed E-state index contributed by atoms with van der Waals surface area (Å²) >= 11 is 3.77. The van der Waals surface area contributed by atoms with Crippen LogP contribution >= 0.6 is 22.7 Å². The molecular weight excluding hydrogens is 671 g/mol. The van der Waals surface area contributed by atoms with Crippen molar-refractivity contribution in [2.75, 3.05) is 0 Å². The molecule has 1 aliphatic rings. The second-order valence-electron chi connectivity index (χ2n) is 14.5. The van der Waals surface area contributed by atoms with E-state index in [0.29, 0.717) is 5.95 Å². The fourth-order valence-corrected chi connectivity index (χ4v) is 11.6. The molecule has 244 valence electrons. The average Bonchev–Trinajstić information content (AvgIpc) is 3.90. The van der Waals surface area contributed by atoms with E-state index in [4.69, 9.17) is 9.97 Å². The monoisotopic (exact) mass is 699 g/mol. The second kappa shape index (κ2) is 10.1. The SMILES string of the molecule is CC1(C)c2ccccc2-c2sc3c4ccc5ccccc5c4n(-c4nc(-c5ccc6c(c5)sc5ccccc56)c5ccc6ccccc6c5n4)c3c21. The van der Waals surface area contributed by atoms with Gasteiger partial charge >= 0.3 is 0 Å². The Hall–Kier alpha value is -5.88. The Balaban J connectivity index is 1.25. The van der Waals surface area contributed by atoms with Crippen molar-refractivity contribution in [3.8, 4) is 27.6 Å². The van der Waals surface area contributed by atoms with Crippen LogP contribution in [-0.4, -0.2) is 14.5 Å². The molecule has 0 amide bonds. The van der Waals surface area contributed by atoms with Crippen LogP contribution in [0.3, 0.4) is 0 Å². The molecule has 0 saturated carbocycles. The molecule has 3 nitrogen and oxygen atoms in total. The molecule has 52 heavy (non-hydrogen) atoms. The van der Waals surface area contributed by atoms with Crippen LogP contribution in [-0.2, 0) is 5.41 Å². The molecule has 12 rings (SSSR count). The third-order valence-corrected chi connectivity index (χ3v) is 13.8. The Morgan fingerprint density at radius 1 is 0.538 bits per heavy atom. The molecule has 0 bridgehead atoms. The van der Waals surface area contributed by atoms with Crippen molar-refractivity contribution >= 4 is 96.4 Å². The molecule has 0 radical (unpaired) electrons. The van der Waals surface area contributed by atoms with Gasteiger partial charge in [-0.15, -0.1) is 22.7 Å². The lowest BCUT2D eigenvalue weighted by Gasteiger charge is -2.22. The van der Waals surface area contributed by atoms with E-state index in [9.17, 15) is 0 Å². The zero-order valence-corrected chi connectivity index (χ0v) is 30.1. The maximum absolute atomic E-state index is 5.65. The van der Waals surface area contributed by atoms with Gasteiger partial charge in [0.15, 0.2) is 0 Å². The number of nitrogens with zero attached hydrogens (tertiary/aromatic N) is 3. The largest absolute Gasteiger partial charge is 0.276 e. The van der Waals surface area contributed by atoms with Crippen molar-refractivity contribution in [1.82, 2.24) is 14.5 Å². The first-order chi connectivity index (χ1) is 25.5. The predicted octanol–water partition coefficient (Wildman–Crippen LogP) is 13.4. The summed E-state index contributed by atoms with van der Waals surface area (Å²) in [6.45, 7) is 4.76. The van der Waals surface area contributed by atoms with Crippen LogP contribution in [0.25, 0.3) is 101 Å². The fraction of sp³-hybridized carbons (Fsp3) is 0.0638. The highest BCUT2D eigenvalue weighted by molar-refractivity contribution is 7.26. The summed E-state index contributed by atoms with van der Waals surface area (Å²) in [7, 11) is 0. The molecule has 5 heteroatoms. The van der Waals surface area contributed by atoms with Gasteiger partial charge in [0.25, 0.3) is 0 Å². The Kier molecular flexibility index (Phi) is 5.61. The van der Waals surface area contributed by atoms with Crippen molar-refractivity contribution in [3.63, 3.8) is 0 Å². The number of rotatable bonds is 2. The quantitative estimate of drug-likeness (QED) is 0.168. The molecule has 0 atom stereocenters. The molecule has 7 aromatic carbocycles. The van der Waals surface area contributed by atoms with Crippen LogP contribution < -0.4 is 0 Å². The van der Waals surface area contributed by atoms with Gasteiger partial charge < -0.3 is 0 Å². The van der Waals surface area contributed by atoms with E-state index in [1.807, 2.05) is 22.7 Å². The predicted molar refractivity (Wildman–Crippen MR) is 223 cm³/mol. The van der Waals surface area contributed by atoms with Crippen LogP contribution in [0.5, 0.6) is 0 Å². The molecule has 0 saturated heterocycles. The van der Waals surface area contributed by atoms with Crippen LogP contribution in [0.2, 0.25) is 0 Å². The van der Waals surface area contributed by atoms with E-state index in [2.05, 4.69) is 158 Å². The summed E-state index contributed by atoms with van der Waals surface area (Å²) in [6.07, 6.45) is 0. The van der Waals surface area contributed by atoms with E-state index in [0.717, 1.165) is 27.5 Å². The third-order valence-electron chi connectivity index (χ3n) is 11.4. The van der Waals surface area contributed by atoms with Gasteiger partial charge in [0.2, 0.25) is 5.95 Å². The van der Waals surface area contributed by atoms with Crippen LogP contribution in [0.15, 0.2) is 140 Å². The van der Waals surface area contributed by atoms with E-state index < -0.39 is 0 Å². The van der Waals surface area contributed by atoms with Crippen molar-refractivity contribution in [1.29, 1.82) is 0 Å². The second-order valence-corrected chi connectivity index (χ2v) is 16.6. The summed E-state index contributed by atoms with van der Waals surface area (Å²) in [5.41, 5.74) is 9.30. The van der Waals surface area contributed by atoms with Crippen molar-refractivity contribution in [2.45, 2.75) is 19.3 Å². The van der Waals surface area contributed by atoms with E-state index >= 15 is 0 Å². The first kappa shape index (κ1) is 28.8. The zero-order chi connectivity index (χ0) is 34.3. The maximum atomic E-state index is 5.65. The molecular formula is C47H29N3S2. The summed E-state index contributed by atoms with van der Waals surface area (Å²) < 4.78 is 6.28. The highest BCUT2D eigenvalue weighted by Crippen LogP contribution is 2.57. The number of hydrogen-bond acceptors (Lipinski definition) is 4. The number of hydrogen-bond donors (Lipinski definition) is 0. The summed E-state index contributed by atoms with van der Waals surface area (Å²) in [4.78, 5) is 12.6. The highest BCUT2D eigenvalue weighted by atomic mass is 32.1. The highest BCUT2D eigenvalue weighted by Gasteiger charge is 2.41. The van der Waals surface area contributed by atoms with E-state index in [1.54, 1.807) is 0 Å². The molecule has 0 unspecified atom stereocenters. The Labute approximate surface area is 307 Å². The minimum Gasteiger partial charge on any atom is -0.276 e. The Bertz CT molecular complexity index is 3340. The van der Waals surface area contributed by atoms with E-state index in [1.165, 1.54) is 79.0 Å². The number of aromatic nitrogens is 3. The van der Waals surface area contributed by atoms with Gasteiger partial charge in [0.05, 0.1) is 26.9 Å². The summed E-state index contributed by atoms with van der Waals surface area (Å²) in [6, 6.07) is 50.9. The number of thiophene rings is 2. The topological polar surface area (TPSA) is 30.7 Å². The van der Waals surface area contributed by atoms with Crippen LogP contribution in [0, 0.1) is 0 Å². The molecule has 0 N–H and O–H groups in total. The van der Waals surface area contributed by atoms with E-state index in [-0.39, 0.29) is 5.41 Å². The van der Waals surface area contributed by atoms with Crippen LogP contribution in [0.4, 0.5) is 0 Å². The van der Waals surface area contributed by atoms with Gasteiger partial charge in [-0.05, 0) is 40.1 Å². The lowest BCUT2D eigenvalue weighted by molar-refractivity contribution is 0.664. The normalized spacial score (nSPS) is 13.7. The summed E-state index contributed by atoms with van der Waals surface area (Å²) in [5, 5.41) is 9.62. The number of benzene rings is 7. The third kappa shape index (κ3) is 3.69. The molecule has 0 fully saturated rings. The fourth-order valence-electron chi connectivity index (χ4n) is 8.98. The summed E-state index contributed by atoms with van der Waals surface area (Å²) in [5.74, 6) is 0.707. The lowest BCUT2D eigenvalue weighted by atomic mass is 9.82. The van der Waals surface area contributed by atoms with Crippen molar-refractivity contribution in [3.05, 3.63) is 151 Å².